The summed E-state index contributed by atoms with van der Waals surface area (Å²) < 4.78 is 5.91. The molecule has 1 saturated heterocycles. The summed E-state index contributed by atoms with van der Waals surface area (Å²) in [6.07, 6.45) is 0. The Labute approximate surface area is 102 Å². The molecule has 1 aromatic carbocycles. The van der Waals surface area contributed by atoms with Crippen molar-refractivity contribution < 1.29 is 9.53 Å². The van der Waals surface area contributed by atoms with Crippen LogP contribution in [0.15, 0.2) is 22.7 Å². The number of carbonyl (C=O) groups is 1. The van der Waals surface area contributed by atoms with Gasteiger partial charge in [-0.2, -0.15) is 0 Å². The number of nitrogen functional groups attached to an aromatic ring is 1. The first-order valence-corrected chi connectivity index (χ1v) is 5.85. The van der Waals surface area contributed by atoms with Crippen molar-refractivity contribution in [1.29, 1.82) is 0 Å². The number of hydrogen-bond acceptors (Lipinski definition) is 3. The summed E-state index contributed by atoms with van der Waals surface area (Å²) in [6.45, 7) is 1.51. The van der Waals surface area contributed by atoms with Crippen molar-refractivity contribution in [3.63, 3.8) is 0 Å². The van der Waals surface area contributed by atoms with E-state index in [4.69, 9.17) is 10.5 Å². The number of amides is 1. The van der Waals surface area contributed by atoms with E-state index in [1.165, 1.54) is 0 Å². The highest BCUT2D eigenvalue weighted by atomic mass is 79.9. The molecule has 2 rings (SSSR count). The van der Waals surface area contributed by atoms with Crippen LogP contribution in [0.2, 0.25) is 0 Å². The van der Waals surface area contributed by atoms with Gasteiger partial charge in [-0.05, 0) is 23.8 Å². The van der Waals surface area contributed by atoms with Crippen molar-refractivity contribution in [3.8, 4) is 0 Å². The normalized spacial score (nSPS) is 15.6. The Kier molecular flexibility index (Phi) is 3.46. The molecule has 3 N–H and O–H groups in total. The van der Waals surface area contributed by atoms with E-state index in [9.17, 15) is 4.79 Å². The molecule has 1 heterocycles. The zero-order valence-corrected chi connectivity index (χ0v) is 10.3. The quantitative estimate of drug-likeness (QED) is 0.823. The van der Waals surface area contributed by atoms with Gasteiger partial charge in [0.15, 0.2) is 0 Å². The fourth-order valence-corrected chi connectivity index (χ4v) is 1.85. The van der Waals surface area contributed by atoms with E-state index >= 15 is 0 Å². The first-order chi connectivity index (χ1) is 7.66. The second kappa shape index (κ2) is 4.84. The molecule has 0 aliphatic carbocycles. The van der Waals surface area contributed by atoms with Gasteiger partial charge < -0.3 is 15.8 Å². The summed E-state index contributed by atoms with van der Waals surface area (Å²) in [5, 5.41) is 2.85. The molecule has 1 amide bonds. The summed E-state index contributed by atoms with van der Waals surface area (Å²) in [7, 11) is 0. The lowest BCUT2D eigenvalue weighted by atomic mass is 10.1. The van der Waals surface area contributed by atoms with Crippen LogP contribution in [0.3, 0.4) is 0 Å². The molecule has 5 heteroatoms. The lowest BCUT2D eigenvalue weighted by Gasteiger charge is -2.24. The summed E-state index contributed by atoms with van der Waals surface area (Å²) in [5.41, 5.74) is 7.41. The average Bonchev–Trinajstić information content (AvgIpc) is 2.17. The van der Waals surface area contributed by atoms with Crippen molar-refractivity contribution in [2.24, 2.45) is 5.92 Å². The minimum atomic E-state index is 0.00776. The Balaban J connectivity index is 1.93. The van der Waals surface area contributed by atoms with Crippen molar-refractivity contribution in [3.05, 3.63) is 28.2 Å². The molecule has 0 atom stereocenters. The first kappa shape index (κ1) is 11.4. The number of anilines is 1. The molecule has 0 saturated carbocycles. The fraction of sp³-hybridized carbons (Fsp3) is 0.364. The van der Waals surface area contributed by atoms with E-state index in [-0.39, 0.29) is 11.8 Å². The van der Waals surface area contributed by atoms with Gasteiger partial charge in [-0.25, -0.2) is 0 Å². The largest absolute Gasteiger partial charge is 0.398 e. The number of hydrogen-bond donors (Lipinski definition) is 2. The van der Waals surface area contributed by atoms with Crippen LogP contribution in [0.5, 0.6) is 0 Å². The van der Waals surface area contributed by atoms with Crippen LogP contribution in [0.1, 0.15) is 5.56 Å². The van der Waals surface area contributed by atoms with Crippen LogP contribution in [0, 0.1) is 5.92 Å². The van der Waals surface area contributed by atoms with Gasteiger partial charge >= 0.3 is 0 Å². The monoisotopic (exact) mass is 284 g/mol. The Hall–Kier alpha value is -1.07. The highest BCUT2D eigenvalue weighted by Gasteiger charge is 2.26. The van der Waals surface area contributed by atoms with E-state index in [0.717, 1.165) is 10.0 Å². The number of ether oxygens (including phenoxy) is 1. The summed E-state index contributed by atoms with van der Waals surface area (Å²) >= 11 is 3.37. The van der Waals surface area contributed by atoms with Gasteiger partial charge in [-0.15, -0.1) is 0 Å². The summed E-state index contributed by atoms with van der Waals surface area (Å²) in [6, 6.07) is 5.60. The van der Waals surface area contributed by atoms with Gasteiger partial charge in [0.25, 0.3) is 0 Å². The van der Waals surface area contributed by atoms with Crippen LogP contribution in [0.4, 0.5) is 5.69 Å². The number of rotatable bonds is 3. The number of halogens is 1. The first-order valence-electron chi connectivity index (χ1n) is 5.06. The van der Waals surface area contributed by atoms with Gasteiger partial charge in [-0.3, -0.25) is 4.79 Å². The van der Waals surface area contributed by atoms with Crippen LogP contribution in [-0.4, -0.2) is 19.1 Å². The predicted octanol–water partition coefficient (Wildman–Crippen LogP) is 1.29. The molecule has 86 valence electrons. The molecule has 0 radical (unpaired) electrons. The molecule has 0 unspecified atom stereocenters. The lowest BCUT2D eigenvalue weighted by molar-refractivity contribution is -0.139. The summed E-state index contributed by atoms with van der Waals surface area (Å²) in [5.74, 6) is 0.0407. The van der Waals surface area contributed by atoms with Gasteiger partial charge in [-0.1, -0.05) is 15.9 Å². The van der Waals surface area contributed by atoms with Gasteiger partial charge in [0.05, 0.1) is 19.1 Å². The molecule has 1 aromatic rings. The minimum Gasteiger partial charge on any atom is -0.398 e. The maximum Gasteiger partial charge on any atom is 0.228 e. The van der Waals surface area contributed by atoms with E-state index in [1.807, 2.05) is 18.2 Å². The topological polar surface area (TPSA) is 64.3 Å². The molecule has 1 aliphatic heterocycles. The number of carbonyl (C=O) groups excluding carboxylic acids is 1. The smallest absolute Gasteiger partial charge is 0.228 e. The van der Waals surface area contributed by atoms with Crippen molar-refractivity contribution in [2.75, 3.05) is 18.9 Å². The Morgan fingerprint density at radius 1 is 1.56 bits per heavy atom. The molecule has 4 nitrogen and oxygen atoms in total. The van der Waals surface area contributed by atoms with E-state index in [0.29, 0.717) is 25.4 Å². The van der Waals surface area contributed by atoms with Gasteiger partial charge in [0.1, 0.15) is 0 Å². The standard InChI is InChI=1S/C11H13BrN2O2/c12-9-1-2-10(13)7(3-9)4-14-11(15)8-5-16-6-8/h1-3,8H,4-6,13H2,(H,14,15). The number of nitrogens with one attached hydrogen (secondary N) is 1. The molecular formula is C11H13BrN2O2. The Morgan fingerprint density at radius 3 is 2.94 bits per heavy atom. The number of benzene rings is 1. The third kappa shape index (κ3) is 2.54. The van der Waals surface area contributed by atoms with Crippen LogP contribution >= 0.6 is 15.9 Å². The third-order valence-corrected chi connectivity index (χ3v) is 3.06. The van der Waals surface area contributed by atoms with Gasteiger partial charge in [0.2, 0.25) is 5.91 Å². The maximum absolute atomic E-state index is 11.6. The van der Waals surface area contributed by atoms with E-state index < -0.39 is 0 Å². The van der Waals surface area contributed by atoms with Crippen LogP contribution in [-0.2, 0) is 16.1 Å². The highest BCUT2D eigenvalue weighted by molar-refractivity contribution is 9.10. The molecule has 0 aromatic heterocycles. The Morgan fingerprint density at radius 2 is 2.31 bits per heavy atom. The highest BCUT2D eigenvalue weighted by Crippen LogP contribution is 2.18. The molecule has 16 heavy (non-hydrogen) atoms. The molecule has 0 spiro atoms. The van der Waals surface area contributed by atoms with Crippen molar-refractivity contribution in [1.82, 2.24) is 5.32 Å². The summed E-state index contributed by atoms with van der Waals surface area (Å²) in [4.78, 5) is 11.6. The molecular weight excluding hydrogens is 272 g/mol. The maximum atomic E-state index is 11.6. The minimum absolute atomic E-state index is 0.00776. The zero-order valence-electron chi connectivity index (χ0n) is 8.70. The zero-order chi connectivity index (χ0) is 11.5. The lowest BCUT2D eigenvalue weighted by Crippen LogP contribution is -2.42. The molecule has 1 fully saturated rings. The van der Waals surface area contributed by atoms with Crippen LogP contribution in [0.25, 0.3) is 0 Å². The second-order valence-corrected chi connectivity index (χ2v) is 4.71. The van der Waals surface area contributed by atoms with Gasteiger partial charge in [0, 0.05) is 16.7 Å². The van der Waals surface area contributed by atoms with E-state index in [2.05, 4.69) is 21.2 Å². The molecule has 1 aliphatic rings. The molecule has 0 bridgehead atoms. The third-order valence-electron chi connectivity index (χ3n) is 2.57. The predicted molar refractivity (Wildman–Crippen MR) is 64.7 cm³/mol. The van der Waals surface area contributed by atoms with Crippen LogP contribution < -0.4 is 11.1 Å². The number of nitrogens with two attached hydrogens (primary N) is 1. The fourth-order valence-electron chi connectivity index (χ4n) is 1.44. The SMILES string of the molecule is Nc1ccc(Br)cc1CNC(=O)C1COC1. The second-order valence-electron chi connectivity index (χ2n) is 3.80. The van der Waals surface area contributed by atoms with E-state index in [1.54, 1.807) is 0 Å². The van der Waals surface area contributed by atoms with Crippen molar-refractivity contribution >= 4 is 27.5 Å². The Bertz CT molecular complexity index is 405. The average molecular weight is 285 g/mol. The van der Waals surface area contributed by atoms with Crippen molar-refractivity contribution in [2.45, 2.75) is 6.54 Å².